The summed E-state index contributed by atoms with van der Waals surface area (Å²) in [6.45, 7) is 12.9. The Labute approximate surface area is 223 Å². The van der Waals surface area contributed by atoms with Gasteiger partial charge in [-0.05, 0) is 0 Å². The van der Waals surface area contributed by atoms with Crippen molar-refractivity contribution in [2.75, 3.05) is 0 Å². The minimum absolute atomic E-state index is 0.0519. The van der Waals surface area contributed by atoms with Crippen LogP contribution in [0.25, 0.3) is 0 Å². The molecule has 0 unspecified atom stereocenters. The number of hydrogen-bond donors (Lipinski definition) is 1. The number of aromatic hydroxyl groups is 1. The molecule has 4 aromatic carbocycles. The van der Waals surface area contributed by atoms with Crippen molar-refractivity contribution in [1.82, 2.24) is 0 Å². The molecule has 1 N–H and O–H groups in total. The van der Waals surface area contributed by atoms with Gasteiger partial charge < -0.3 is 0 Å². The van der Waals surface area contributed by atoms with E-state index in [4.69, 9.17) is 6.03 Å². The Morgan fingerprint density at radius 3 is 1.14 bits per heavy atom. The number of phenols is 1. The van der Waals surface area contributed by atoms with Crippen LogP contribution in [0.4, 0.5) is 0 Å². The second-order valence-corrected chi connectivity index (χ2v) is 21.8. The summed E-state index contributed by atoms with van der Waals surface area (Å²) in [5.41, 5.74) is 2.85. The summed E-state index contributed by atoms with van der Waals surface area (Å²) in [5.74, 6) is 2.19. The van der Waals surface area contributed by atoms with Crippen LogP contribution >= 0.6 is 0 Å². The molecule has 5 rings (SSSR count). The third-order valence-electron chi connectivity index (χ3n) is 7.43. The molecule has 0 fully saturated rings. The molecular formula is C33H37O3Sb. The first-order chi connectivity index (χ1) is 17.7. The summed E-state index contributed by atoms with van der Waals surface area (Å²) < 4.78 is 18.4. The molecule has 4 aromatic rings. The van der Waals surface area contributed by atoms with Gasteiger partial charge in [0, 0.05) is 0 Å². The van der Waals surface area contributed by atoms with Crippen LogP contribution in [0.2, 0.25) is 0 Å². The number of phenolic OH excluding ortho intramolecular Hbond substituents is 1. The van der Waals surface area contributed by atoms with Crippen molar-refractivity contribution in [2.24, 2.45) is 0 Å². The molecule has 0 atom stereocenters. The molecule has 192 valence electrons. The van der Waals surface area contributed by atoms with Gasteiger partial charge >= 0.3 is 224 Å². The normalized spacial score (nSPS) is 16.6. The van der Waals surface area contributed by atoms with Gasteiger partial charge in [0.05, 0.1) is 0 Å². The van der Waals surface area contributed by atoms with E-state index in [2.05, 4.69) is 114 Å². The molecule has 0 spiro atoms. The summed E-state index contributed by atoms with van der Waals surface area (Å²) in [5, 5.41) is 11.8. The van der Waals surface area contributed by atoms with Gasteiger partial charge in [0.15, 0.2) is 0 Å². The van der Waals surface area contributed by atoms with E-state index in [9.17, 15) is 5.11 Å². The van der Waals surface area contributed by atoms with E-state index >= 15 is 0 Å². The first-order valence-electron chi connectivity index (χ1n) is 13.2. The molecule has 1 aliphatic heterocycles. The van der Waals surface area contributed by atoms with Gasteiger partial charge in [0.2, 0.25) is 0 Å². The molecule has 0 aromatic heterocycles. The molecule has 3 nitrogen and oxygen atoms in total. The van der Waals surface area contributed by atoms with Crippen LogP contribution in [0.1, 0.15) is 76.0 Å². The van der Waals surface area contributed by atoms with Crippen LogP contribution in [0.5, 0.6) is 17.2 Å². The Balaban J connectivity index is 2.01. The number of hydrogen-bond acceptors (Lipinski definition) is 3. The van der Waals surface area contributed by atoms with Crippen LogP contribution in [-0.2, 0) is 0 Å². The van der Waals surface area contributed by atoms with Gasteiger partial charge in [-0.3, -0.25) is 0 Å². The second-order valence-electron chi connectivity index (χ2n) is 10.9. The molecular weight excluding hydrogens is 566 g/mol. The van der Waals surface area contributed by atoms with Crippen molar-refractivity contribution in [1.29, 1.82) is 0 Å². The molecule has 0 aliphatic carbocycles. The fraction of sp³-hybridized carbons (Fsp3) is 0.273. The molecule has 4 heteroatoms. The van der Waals surface area contributed by atoms with Crippen LogP contribution in [-0.4, -0.2) is 23.3 Å². The Morgan fingerprint density at radius 1 is 0.486 bits per heavy atom. The van der Waals surface area contributed by atoms with E-state index in [1.165, 1.54) is 0 Å². The molecule has 0 saturated carbocycles. The maximum atomic E-state index is 11.8. The quantitative estimate of drug-likeness (QED) is 0.251. The Bertz CT molecular complexity index is 1310. The molecule has 0 amide bonds. The zero-order chi connectivity index (χ0) is 26.4. The fourth-order valence-corrected chi connectivity index (χ4v) is 19.4. The number of fused-ring (bicyclic) bond motifs is 1. The molecule has 37 heavy (non-hydrogen) atoms. The van der Waals surface area contributed by atoms with Crippen molar-refractivity contribution < 1.29 is 11.1 Å². The molecule has 0 saturated heterocycles. The fourth-order valence-electron chi connectivity index (χ4n) is 5.85. The van der Waals surface area contributed by atoms with Gasteiger partial charge in [-0.2, -0.15) is 0 Å². The average molecular weight is 603 g/mol. The van der Waals surface area contributed by atoms with E-state index in [1.54, 1.807) is 0 Å². The van der Waals surface area contributed by atoms with E-state index in [0.29, 0.717) is 11.5 Å². The van der Waals surface area contributed by atoms with E-state index in [1.807, 2.05) is 18.2 Å². The SMILES string of the molecule is CC(C)c1c(O)c(C(C)C)c(C(C)C)c2c1[O][Sb]([c]1ccccc1)([c]1ccccc1)([c]1ccccc1)[O]2. The van der Waals surface area contributed by atoms with Crippen molar-refractivity contribution in [3.63, 3.8) is 0 Å². The van der Waals surface area contributed by atoms with Crippen LogP contribution in [0.15, 0.2) is 91.0 Å². The zero-order valence-corrected chi connectivity index (χ0v) is 25.2. The summed E-state index contributed by atoms with van der Waals surface area (Å²) in [7, 11) is 0. The van der Waals surface area contributed by atoms with Crippen LogP contribution in [0, 0.1) is 0 Å². The van der Waals surface area contributed by atoms with Gasteiger partial charge in [0.25, 0.3) is 0 Å². The van der Waals surface area contributed by atoms with E-state index in [-0.39, 0.29) is 17.8 Å². The summed E-state index contributed by atoms with van der Waals surface area (Å²) in [4.78, 5) is 0. The van der Waals surface area contributed by atoms with Crippen molar-refractivity contribution in [3.05, 3.63) is 108 Å². The Morgan fingerprint density at radius 2 is 0.811 bits per heavy atom. The maximum absolute atomic E-state index is 11.8. The number of rotatable bonds is 6. The zero-order valence-electron chi connectivity index (χ0n) is 22.6. The molecule has 1 heterocycles. The predicted octanol–water partition coefficient (Wildman–Crippen LogP) is 6.65. The third-order valence-corrected chi connectivity index (χ3v) is 21.0. The van der Waals surface area contributed by atoms with E-state index < -0.39 is 18.2 Å². The summed E-state index contributed by atoms with van der Waals surface area (Å²) in [6, 6.07) is 31.4. The van der Waals surface area contributed by atoms with Crippen LogP contribution < -0.4 is 16.6 Å². The number of benzene rings is 4. The van der Waals surface area contributed by atoms with E-state index in [0.717, 1.165) is 33.0 Å². The van der Waals surface area contributed by atoms with Gasteiger partial charge in [-0.1, -0.05) is 0 Å². The predicted molar refractivity (Wildman–Crippen MR) is 156 cm³/mol. The molecule has 0 radical (unpaired) electrons. The van der Waals surface area contributed by atoms with Gasteiger partial charge in [-0.15, -0.1) is 0 Å². The average Bonchev–Trinajstić information content (AvgIpc) is 3.27. The van der Waals surface area contributed by atoms with Gasteiger partial charge in [0.1, 0.15) is 0 Å². The third kappa shape index (κ3) is 3.69. The topological polar surface area (TPSA) is 38.7 Å². The second kappa shape index (κ2) is 9.44. The Kier molecular flexibility index (Phi) is 6.57. The van der Waals surface area contributed by atoms with Crippen molar-refractivity contribution in [2.45, 2.75) is 59.3 Å². The first-order valence-corrected chi connectivity index (χ1v) is 19.1. The monoisotopic (exact) mass is 602 g/mol. The van der Waals surface area contributed by atoms with Crippen molar-refractivity contribution >= 4 is 28.8 Å². The first kappa shape index (κ1) is 25.7. The summed E-state index contributed by atoms with van der Waals surface area (Å²) in [6.07, 6.45) is 0. The minimum atomic E-state index is -5.16. The van der Waals surface area contributed by atoms with Crippen molar-refractivity contribution in [3.8, 4) is 17.2 Å². The summed E-state index contributed by atoms with van der Waals surface area (Å²) >= 11 is -5.16. The van der Waals surface area contributed by atoms with Crippen LogP contribution in [0.3, 0.4) is 0 Å². The standard InChI is InChI=1S/C15H24O3.3C6H5.Sb/c1-7(2)10-11(8(3)4)14(17)15(18)12(9(5)6)13(10)16;3*1-2-4-6-5-3-1;/h7-9,16-18H,1-6H3;3*1-5H;/q;;;;+2/p-2. The van der Waals surface area contributed by atoms with Gasteiger partial charge in [-0.25, -0.2) is 0 Å². The molecule has 1 aliphatic rings. The Hall–Kier alpha value is -2.90. The molecule has 0 bridgehead atoms.